The number of hydrogen-bond acceptors (Lipinski definition) is 3. The molecule has 4 heteroatoms. The quantitative estimate of drug-likeness (QED) is 0.897. The Balaban J connectivity index is 2.23. The Morgan fingerprint density at radius 3 is 2.65 bits per heavy atom. The standard InChI is InChI=1S/C16H23N3O/c1-11(2)9-19-10-13(4)17-16(19)18-14-6-7-15(20-5)12(3)8-14/h6-8,10-11H,9H2,1-5H3,(H,17,18). The molecular formula is C16H23N3O. The lowest BCUT2D eigenvalue weighted by atomic mass is 10.2. The van der Waals surface area contributed by atoms with E-state index in [2.05, 4.69) is 41.0 Å². The summed E-state index contributed by atoms with van der Waals surface area (Å²) in [7, 11) is 1.69. The molecule has 0 saturated carbocycles. The molecule has 0 saturated heterocycles. The number of benzene rings is 1. The summed E-state index contributed by atoms with van der Waals surface area (Å²) in [6.45, 7) is 9.42. The van der Waals surface area contributed by atoms with Gasteiger partial charge in [-0.3, -0.25) is 0 Å². The van der Waals surface area contributed by atoms with Gasteiger partial charge in [0.25, 0.3) is 0 Å². The number of hydrogen-bond donors (Lipinski definition) is 1. The zero-order valence-corrected chi connectivity index (χ0v) is 12.9. The molecule has 0 unspecified atom stereocenters. The van der Waals surface area contributed by atoms with Crippen LogP contribution in [-0.2, 0) is 6.54 Å². The second kappa shape index (κ2) is 5.99. The maximum atomic E-state index is 5.28. The molecule has 0 atom stereocenters. The van der Waals surface area contributed by atoms with Crippen LogP contribution in [0.5, 0.6) is 5.75 Å². The molecule has 2 aromatic rings. The molecule has 2 rings (SSSR count). The number of nitrogens with zero attached hydrogens (tertiary/aromatic N) is 2. The van der Waals surface area contributed by atoms with Crippen molar-refractivity contribution in [1.29, 1.82) is 0 Å². The number of imidazole rings is 1. The van der Waals surface area contributed by atoms with Crippen molar-refractivity contribution >= 4 is 11.6 Å². The third-order valence-corrected chi connectivity index (χ3v) is 3.11. The molecule has 0 aliphatic rings. The van der Waals surface area contributed by atoms with Crippen LogP contribution in [0.1, 0.15) is 25.1 Å². The smallest absolute Gasteiger partial charge is 0.207 e. The Labute approximate surface area is 120 Å². The van der Waals surface area contributed by atoms with E-state index in [0.717, 1.165) is 35.2 Å². The number of ether oxygens (including phenoxy) is 1. The number of anilines is 2. The van der Waals surface area contributed by atoms with Crippen LogP contribution in [0.4, 0.5) is 11.6 Å². The number of aryl methyl sites for hydroxylation is 2. The fourth-order valence-electron chi connectivity index (χ4n) is 2.26. The lowest BCUT2D eigenvalue weighted by molar-refractivity contribution is 0.412. The minimum atomic E-state index is 0.585. The van der Waals surface area contributed by atoms with Crippen molar-refractivity contribution in [3.05, 3.63) is 35.7 Å². The summed E-state index contributed by atoms with van der Waals surface area (Å²) >= 11 is 0. The highest BCUT2D eigenvalue weighted by atomic mass is 16.5. The highest BCUT2D eigenvalue weighted by Crippen LogP contribution is 2.24. The molecule has 4 nitrogen and oxygen atoms in total. The average molecular weight is 273 g/mol. The maximum Gasteiger partial charge on any atom is 0.207 e. The highest BCUT2D eigenvalue weighted by molar-refractivity contribution is 5.57. The number of aromatic nitrogens is 2. The fourth-order valence-corrected chi connectivity index (χ4v) is 2.26. The van der Waals surface area contributed by atoms with E-state index >= 15 is 0 Å². The first-order valence-corrected chi connectivity index (χ1v) is 6.95. The van der Waals surface area contributed by atoms with Crippen LogP contribution in [0, 0.1) is 19.8 Å². The van der Waals surface area contributed by atoms with E-state index in [9.17, 15) is 0 Å². The van der Waals surface area contributed by atoms with Gasteiger partial charge in [0.05, 0.1) is 12.8 Å². The van der Waals surface area contributed by atoms with Gasteiger partial charge in [0.2, 0.25) is 5.95 Å². The second-order valence-electron chi connectivity index (χ2n) is 5.56. The zero-order valence-electron chi connectivity index (χ0n) is 12.9. The summed E-state index contributed by atoms with van der Waals surface area (Å²) in [5.74, 6) is 2.37. The molecule has 1 aromatic heterocycles. The van der Waals surface area contributed by atoms with Crippen LogP contribution in [0.25, 0.3) is 0 Å². The summed E-state index contributed by atoms with van der Waals surface area (Å²) in [5.41, 5.74) is 3.16. The van der Waals surface area contributed by atoms with Gasteiger partial charge < -0.3 is 14.6 Å². The molecule has 0 bridgehead atoms. The topological polar surface area (TPSA) is 39.1 Å². The summed E-state index contributed by atoms with van der Waals surface area (Å²) in [6, 6.07) is 6.05. The number of methoxy groups -OCH3 is 1. The van der Waals surface area contributed by atoms with Gasteiger partial charge in [-0.05, 0) is 43.5 Å². The van der Waals surface area contributed by atoms with Crippen LogP contribution in [0.2, 0.25) is 0 Å². The van der Waals surface area contributed by atoms with Crippen LogP contribution < -0.4 is 10.1 Å². The Hall–Kier alpha value is -1.97. The first kappa shape index (κ1) is 14.4. The van der Waals surface area contributed by atoms with Gasteiger partial charge in [0.15, 0.2) is 0 Å². The lowest BCUT2D eigenvalue weighted by Crippen LogP contribution is -2.07. The van der Waals surface area contributed by atoms with E-state index in [1.54, 1.807) is 7.11 Å². The molecule has 0 aliphatic heterocycles. The highest BCUT2D eigenvalue weighted by Gasteiger charge is 2.08. The third-order valence-electron chi connectivity index (χ3n) is 3.11. The second-order valence-corrected chi connectivity index (χ2v) is 5.56. The van der Waals surface area contributed by atoms with Gasteiger partial charge in [0, 0.05) is 18.4 Å². The predicted molar refractivity (Wildman–Crippen MR) is 82.8 cm³/mol. The van der Waals surface area contributed by atoms with Crippen molar-refractivity contribution in [2.45, 2.75) is 34.2 Å². The first-order chi connectivity index (χ1) is 9.49. The van der Waals surface area contributed by atoms with Crippen LogP contribution in [0.3, 0.4) is 0 Å². The lowest BCUT2D eigenvalue weighted by Gasteiger charge is -2.13. The summed E-state index contributed by atoms with van der Waals surface area (Å²) in [6.07, 6.45) is 2.08. The molecule has 0 amide bonds. The van der Waals surface area contributed by atoms with Gasteiger partial charge in [0.1, 0.15) is 5.75 Å². The first-order valence-electron chi connectivity index (χ1n) is 6.95. The minimum absolute atomic E-state index is 0.585. The summed E-state index contributed by atoms with van der Waals surface area (Å²) < 4.78 is 7.45. The number of nitrogens with one attached hydrogen (secondary N) is 1. The molecule has 0 radical (unpaired) electrons. The van der Waals surface area contributed by atoms with E-state index in [1.807, 2.05) is 26.0 Å². The molecule has 1 heterocycles. The molecule has 1 aromatic carbocycles. The van der Waals surface area contributed by atoms with Crippen LogP contribution in [-0.4, -0.2) is 16.7 Å². The van der Waals surface area contributed by atoms with Crippen molar-refractivity contribution in [2.75, 3.05) is 12.4 Å². The fraction of sp³-hybridized carbons (Fsp3) is 0.438. The monoisotopic (exact) mass is 273 g/mol. The molecule has 0 aliphatic carbocycles. The maximum absolute atomic E-state index is 5.28. The Morgan fingerprint density at radius 2 is 2.05 bits per heavy atom. The van der Waals surface area contributed by atoms with Crippen molar-refractivity contribution in [3.63, 3.8) is 0 Å². The predicted octanol–water partition coefficient (Wildman–Crippen LogP) is 3.91. The van der Waals surface area contributed by atoms with Crippen molar-refractivity contribution in [2.24, 2.45) is 5.92 Å². The van der Waals surface area contributed by atoms with Gasteiger partial charge in [-0.15, -0.1) is 0 Å². The van der Waals surface area contributed by atoms with Gasteiger partial charge >= 0.3 is 0 Å². The zero-order chi connectivity index (χ0) is 14.7. The molecule has 20 heavy (non-hydrogen) atoms. The Morgan fingerprint density at radius 1 is 1.30 bits per heavy atom. The SMILES string of the molecule is COc1ccc(Nc2nc(C)cn2CC(C)C)cc1C. The Kier molecular flexibility index (Phi) is 4.32. The van der Waals surface area contributed by atoms with Gasteiger partial charge in [-0.2, -0.15) is 0 Å². The van der Waals surface area contributed by atoms with Crippen molar-refractivity contribution in [1.82, 2.24) is 9.55 Å². The van der Waals surface area contributed by atoms with E-state index in [0.29, 0.717) is 5.92 Å². The summed E-state index contributed by atoms with van der Waals surface area (Å²) in [4.78, 5) is 4.55. The molecule has 0 fully saturated rings. The molecular weight excluding hydrogens is 250 g/mol. The third kappa shape index (κ3) is 3.32. The van der Waals surface area contributed by atoms with E-state index in [1.165, 1.54) is 0 Å². The van der Waals surface area contributed by atoms with Gasteiger partial charge in [-0.1, -0.05) is 13.8 Å². The van der Waals surface area contributed by atoms with Crippen LogP contribution >= 0.6 is 0 Å². The molecule has 108 valence electrons. The Bertz CT molecular complexity index is 587. The van der Waals surface area contributed by atoms with E-state index in [-0.39, 0.29) is 0 Å². The van der Waals surface area contributed by atoms with Gasteiger partial charge in [-0.25, -0.2) is 4.98 Å². The van der Waals surface area contributed by atoms with Crippen molar-refractivity contribution in [3.8, 4) is 5.75 Å². The normalized spacial score (nSPS) is 10.9. The molecule has 0 spiro atoms. The van der Waals surface area contributed by atoms with E-state index in [4.69, 9.17) is 4.74 Å². The van der Waals surface area contributed by atoms with E-state index < -0.39 is 0 Å². The van der Waals surface area contributed by atoms with Crippen LogP contribution in [0.15, 0.2) is 24.4 Å². The number of rotatable bonds is 5. The summed E-state index contributed by atoms with van der Waals surface area (Å²) in [5, 5.41) is 3.39. The molecule has 1 N–H and O–H groups in total. The average Bonchev–Trinajstić information content (AvgIpc) is 2.68. The largest absolute Gasteiger partial charge is 0.496 e. The minimum Gasteiger partial charge on any atom is -0.496 e. The van der Waals surface area contributed by atoms with Crippen molar-refractivity contribution < 1.29 is 4.74 Å².